The second-order valence-electron chi connectivity index (χ2n) is 7.64. The molecule has 0 spiro atoms. The normalized spacial score (nSPS) is 25.0. The highest BCUT2D eigenvalue weighted by atomic mass is 16.2. The minimum atomic E-state index is -0.199. The summed E-state index contributed by atoms with van der Waals surface area (Å²) in [5, 5.41) is 2.01. The number of carbonyl (C=O) groups is 2. The topological polar surface area (TPSA) is 37.4 Å². The number of hydrogen-bond acceptors (Lipinski definition) is 2. The van der Waals surface area contributed by atoms with Crippen molar-refractivity contribution in [2.24, 2.45) is 11.8 Å². The molecule has 3 aromatic carbocycles. The van der Waals surface area contributed by atoms with Crippen LogP contribution in [0.4, 0.5) is 5.69 Å². The molecule has 1 saturated heterocycles. The van der Waals surface area contributed by atoms with E-state index in [0.29, 0.717) is 5.92 Å². The zero-order valence-electron chi connectivity index (χ0n) is 15.0. The van der Waals surface area contributed by atoms with Crippen molar-refractivity contribution in [3.63, 3.8) is 0 Å². The van der Waals surface area contributed by atoms with Crippen LogP contribution in [-0.2, 0) is 9.59 Å². The number of nitrogens with zero attached hydrogens (tertiary/aromatic N) is 1. The molecule has 5 rings (SSSR count). The van der Waals surface area contributed by atoms with Gasteiger partial charge in [0.25, 0.3) is 0 Å². The van der Waals surface area contributed by atoms with Gasteiger partial charge in [0.1, 0.15) is 0 Å². The van der Waals surface area contributed by atoms with Crippen LogP contribution < -0.4 is 4.90 Å². The highest BCUT2D eigenvalue weighted by Crippen LogP contribution is 2.46. The Balaban J connectivity index is 1.50. The molecule has 0 unspecified atom stereocenters. The van der Waals surface area contributed by atoms with Crippen molar-refractivity contribution in [1.82, 2.24) is 0 Å². The van der Waals surface area contributed by atoms with Gasteiger partial charge in [-0.1, -0.05) is 66.7 Å². The lowest BCUT2D eigenvalue weighted by Gasteiger charge is -2.28. The summed E-state index contributed by atoms with van der Waals surface area (Å²) in [5.74, 6) is -0.0571. The van der Waals surface area contributed by atoms with Crippen LogP contribution in [-0.4, -0.2) is 11.8 Å². The molecule has 2 amide bonds. The molecule has 0 radical (unpaired) electrons. The van der Waals surface area contributed by atoms with E-state index in [1.54, 1.807) is 0 Å². The van der Waals surface area contributed by atoms with Gasteiger partial charge < -0.3 is 0 Å². The fourth-order valence-corrected chi connectivity index (χ4v) is 4.85. The maximum atomic E-state index is 13.3. The average molecular weight is 355 g/mol. The van der Waals surface area contributed by atoms with Crippen LogP contribution in [0.5, 0.6) is 0 Å². The summed E-state index contributed by atoms with van der Waals surface area (Å²) < 4.78 is 0. The summed E-state index contributed by atoms with van der Waals surface area (Å²) in [6.07, 6.45) is 2.52. The number of fused-ring (bicyclic) bond motifs is 2. The van der Waals surface area contributed by atoms with Crippen molar-refractivity contribution in [2.75, 3.05) is 4.90 Å². The number of rotatable bonds is 2. The van der Waals surface area contributed by atoms with Gasteiger partial charge in [0, 0.05) is 5.39 Å². The molecule has 0 aromatic heterocycles. The third-order valence-electron chi connectivity index (χ3n) is 6.20. The molecule has 3 nitrogen and oxygen atoms in total. The van der Waals surface area contributed by atoms with Crippen molar-refractivity contribution < 1.29 is 9.59 Å². The van der Waals surface area contributed by atoms with Gasteiger partial charge in [0.05, 0.1) is 17.5 Å². The zero-order chi connectivity index (χ0) is 18.4. The highest BCUT2D eigenvalue weighted by Gasteiger charge is 2.50. The highest BCUT2D eigenvalue weighted by molar-refractivity contribution is 6.25. The third-order valence-corrected chi connectivity index (χ3v) is 6.20. The van der Waals surface area contributed by atoms with Crippen molar-refractivity contribution >= 4 is 28.3 Å². The number of carbonyl (C=O) groups excluding carboxylic acids is 2. The Morgan fingerprint density at radius 1 is 0.704 bits per heavy atom. The summed E-state index contributed by atoms with van der Waals surface area (Å²) in [6.45, 7) is 0. The van der Waals surface area contributed by atoms with E-state index in [0.717, 1.165) is 35.7 Å². The van der Waals surface area contributed by atoms with Gasteiger partial charge in [0.2, 0.25) is 11.8 Å². The van der Waals surface area contributed by atoms with Gasteiger partial charge in [-0.25, -0.2) is 4.90 Å². The Morgan fingerprint density at radius 2 is 1.41 bits per heavy atom. The smallest absolute Gasteiger partial charge is 0.237 e. The quantitative estimate of drug-likeness (QED) is 0.612. The van der Waals surface area contributed by atoms with Gasteiger partial charge in [0.15, 0.2) is 0 Å². The fraction of sp³-hybridized carbons (Fsp3) is 0.250. The Kier molecular flexibility index (Phi) is 3.82. The number of imide groups is 1. The number of hydrogen-bond donors (Lipinski definition) is 0. The molecule has 134 valence electrons. The zero-order valence-corrected chi connectivity index (χ0v) is 15.0. The van der Waals surface area contributed by atoms with Gasteiger partial charge >= 0.3 is 0 Å². The lowest BCUT2D eigenvalue weighted by atomic mass is 9.73. The summed E-state index contributed by atoms with van der Waals surface area (Å²) in [5.41, 5.74) is 2.01. The fourth-order valence-electron chi connectivity index (χ4n) is 4.85. The molecule has 3 aromatic rings. The van der Waals surface area contributed by atoms with Gasteiger partial charge in [-0.3, -0.25) is 9.59 Å². The molecule has 1 saturated carbocycles. The molecular weight excluding hydrogens is 334 g/mol. The molecule has 1 aliphatic heterocycles. The standard InChI is InChI=1S/C24H21NO2/c26-23-20-14-13-18(16-7-2-1-3-8-16)15-21(20)24(27)25(23)22-12-6-10-17-9-4-5-11-19(17)22/h1-12,18,20-21H,13-15H2/t18-,20+,21+/m1/s1. The van der Waals surface area contributed by atoms with Gasteiger partial charge in [-0.2, -0.15) is 0 Å². The maximum Gasteiger partial charge on any atom is 0.237 e. The molecule has 0 N–H and O–H groups in total. The second-order valence-corrected chi connectivity index (χ2v) is 7.64. The van der Waals surface area contributed by atoms with E-state index in [1.165, 1.54) is 10.5 Å². The van der Waals surface area contributed by atoms with E-state index in [2.05, 4.69) is 12.1 Å². The van der Waals surface area contributed by atoms with Crippen LogP contribution in [0.3, 0.4) is 0 Å². The summed E-state index contributed by atoms with van der Waals surface area (Å²) in [6, 6.07) is 24.1. The first kappa shape index (κ1) is 16.2. The van der Waals surface area contributed by atoms with E-state index >= 15 is 0 Å². The van der Waals surface area contributed by atoms with Crippen molar-refractivity contribution in [2.45, 2.75) is 25.2 Å². The van der Waals surface area contributed by atoms with Crippen molar-refractivity contribution in [1.29, 1.82) is 0 Å². The average Bonchev–Trinajstić information content (AvgIpc) is 2.98. The van der Waals surface area contributed by atoms with Crippen LogP contribution in [0.15, 0.2) is 72.8 Å². The van der Waals surface area contributed by atoms with Crippen LogP contribution in [0.1, 0.15) is 30.7 Å². The molecule has 0 bridgehead atoms. The molecule has 1 heterocycles. The predicted octanol–water partition coefficient (Wildman–Crippen LogP) is 4.91. The lowest BCUT2D eigenvalue weighted by molar-refractivity contribution is -0.122. The van der Waals surface area contributed by atoms with E-state index in [9.17, 15) is 9.59 Å². The van der Waals surface area contributed by atoms with Crippen molar-refractivity contribution in [3.05, 3.63) is 78.4 Å². The molecule has 2 fully saturated rings. The molecule has 27 heavy (non-hydrogen) atoms. The maximum absolute atomic E-state index is 13.3. The molecular formula is C24H21NO2. The van der Waals surface area contributed by atoms with E-state index in [1.807, 2.05) is 60.7 Å². The Bertz CT molecular complexity index is 1020. The van der Waals surface area contributed by atoms with Crippen LogP contribution >= 0.6 is 0 Å². The lowest BCUT2D eigenvalue weighted by Crippen LogP contribution is -2.31. The monoisotopic (exact) mass is 355 g/mol. The third kappa shape index (κ3) is 2.57. The Labute approximate surface area is 158 Å². The first-order chi connectivity index (χ1) is 13.2. The van der Waals surface area contributed by atoms with Crippen LogP contribution in [0.2, 0.25) is 0 Å². The number of anilines is 1. The summed E-state index contributed by atoms with van der Waals surface area (Å²) >= 11 is 0. The van der Waals surface area contributed by atoms with E-state index in [4.69, 9.17) is 0 Å². The number of benzene rings is 3. The first-order valence-electron chi connectivity index (χ1n) is 9.64. The van der Waals surface area contributed by atoms with E-state index in [-0.39, 0.29) is 23.7 Å². The van der Waals surface area contributed by atoms with Crippen LogP contribution in [0, 0.1) is 11.8 Å². The predicted molar refractivity (Wildman–Crippen MR) is 106 cm³/mol. The summed E-state index contributed by atoms with van der Waals surface area (Å²) in [7, 11) is 0. The Morgan fingerprint density at radius 3 is 2.26 bits per heavy atom. The van der Waals surface area contributed by atoms with E-state index < -0.39 is 0 Å². The molecule has 3 heteroatoms. The molecule has 2 aliphatic rings. The SMILES string of the molecule is O=C1[C@H]2CC[C@@H](c3ccccc3)C[C@@H]2C(=O)N1c1cccc2ccccc12. The van der Waals surface area contributed by atoms with Crippen LogP contribution in [0.25, 0.3) is 10.8 Å². The van der Waals surface area contributed by atoms with Crippen molar-refractivity contribution in [3.8, 4) is 0 Å². The minimum Gasteiger partial charge on any atom is -0.274 e. The Hall–Kier alpha value is -2.94. The minimum absolute atomic E-state index is 0.0205. The second kappa shape index (κ2) is 6.34. The largest absolute Gasteiger partial charge is 0.274 e. The van der Waals surface area contributed by atoms with Gasteiger partial charge in [-0.15, -0.1) is 0 Å². The summed E-state index contributed by atoms with van der Waals surface area (Å²) in [4.78, 5) is 27.9. The molecule has 3 atom stereocenters. The number of amides is 2. The molecule has 1 aliphatic carbocycles. The first-order valence-corrected chi connectivity index (χ1v) is 9.64. The van der Waals surface area contributed by atoms with Gasteiger partial charge in [-0.05, 0) is 42.2 Å².